The van der Waals surface area contributed by atoms with E-state index in [-0.39, 0.29) is 5.91 Å². The number of benzene rings is 2. The molecule has 5 nitrogen and oxygen atoms in total. The molecule has 27 heavy (non-hydrogen) atoms. The Balaban J connectivity index is 1.53. The third kappa shape index (κ3) is 3.96. The summed E-state index contributed by atoms with van der Waals surface area (Å²) in [6.07, 6.45) is 0.447. The third-order valence-corrected chi connectivity index (χ3v) is 5.00. The van der Waals surface area contributed by atoms with Crippen LogP contribution in [0.5, 0.6) is 0 Å². The number of amides is 1. The summed E-state index contributed by atoms with van der Waals surface area (Å²) >= 11 is 1.56. The molecule has 4 aromatic rings. The Kier molecular flexibility index (Phi) is 4.80. The highest BCUT2D eigenvalue weighted by Crippen LogP contribution is 2.24. The van der Waals surface area contributed by atoms with Crippen molar-refractivity contribution in [1.82, 2.24) is 10.1 Å². The third-order valence-electron chi connectivity index (χ3n) is 4.13. The Morgan fingerprint density at radius 2 is 1.89 bits per heavy atom. The molecule has 0 radical (unpaired) electrons. The lowest BCUT2D eigenvalue weighted by molar-refractivity contribution is 0.102. The standard InChI is InChI=1S/C21H17N3O2S/c1-14-8-10-15(11-9-14)21(25)22-17-6-3-2-5-16(17)13-19-23-20(24-26-19)18-7-4-12-27-18/h2-12H,13H2,1H3,(H,22,25). The summed E-state index contributed by atoms with van der Waals surface area (Å²) in [4.78, 5) is 17.9. The van der Waals surface area contributed by atoms with Gasteiger partial charge in [0.15, 0.2) is 0 Å². The number of anilines is 1. The molecule has 1 amide bonds. The number of aromatic nitrogens is 2. The van der Waals surface area contributed by atoms with E-state index in [0.717, 1.165) is 21.7 Å². The average Bonchev–Trinajstić information content (AvgIpc) is 3.35. The van der Waals surface area contributed by atoms with Crippen LogP contribution in [0, 0.1) is 6.92 Å². The first-order chi connectivity index (χ1) is 13.2. The highest BCUT2D eigenvalue weighted by Gasteiger charge is 2.13. The second kappa shape index (κ2) is 7.55. The molecule has 6 heteroatoms. The molecule has 0 aliphatic carbocycles. The van der Waals surface area contributed by atoms with E-state index in [1.807, 2.05) is 73.0 Å². The van der Waals surface area contributed by atoms with Crippen LogP contribution in [0.2, 0.25) is 0 Å². The van der Waals surface area contributed by atoms with E-state index in [4.69, 9.17) is 4.52 Å². The maximum atomic E-state index is 12.5. The van der Waals surface area contributed by atoms with Crippen molar-refractivity contribution in [2.45, 2.75) is 13.3 Å². The zero-order valence-corrected chi connectivity index (χ0v) is 15.5. The molecule has 2 aromatic heterocycles. The molecule has 2 aromatic carbocycles. The zero-order chi connectivity index (χ0) is 18.6. The van der Waals surface area contributed by atoms with Crippen LogP contribution < -0.4 is 5.32 Å². The molecular weight excluding hydrogens is 358 g/mol. The number of nitrogens with zero attached hydrogens (tertiary/aromatic N) is 2. The first-order valence-electron chi connectivity index (χ1n) is 8.51. The molecule has 1 N–H and O–H groups in total. The van der Waals surface area contributed by atoms with Crippen LogP contribution in [0.3, 0.4) is 0 Å². The van der Waals surface area contributed by atoms with Crippen LogP contribution in [0.4, 0.5) is 5.69 Å². The molecule has 0 aliphatic rings. The topological polar surface area (TPSA) is 68.0 Å². The van der Waals surface area contributed by atoms with Crippen molar-refractivity contribution in [3.8, 4) is 10.7 Å². The van der Waals surface area contributed by atoms with Gasteiger partial charge in [0.05, 0.1) is 11.3 Å². The maximum Gasteiger partial charge on any atom is 0.255 e. The summed E-state index contributed by atoms with van der Waals surface area (Å²) in [5.41, 5.74) is 3.39. The van der Waals surface area contributed by atoms with Crippen LogP contribution in [-0.2, 0) is 6.42 Å². The SMILES string of the molecule is Cc1ccc(C(=O)Nc2ccccc2Cc2nc(-c3cccs3)no2)cc1. The summed E-state index contributed by atoms with van der Waals surface area (Å²) in [5, 5.41) is 8.99. The molecule has 0 bridgehead atoms. The van der Waals surface area contributed by atoms with Crippen molar-refractivity contribution in [1.29, 1.82) is 0 Å². The zero-order valence-electron chi connectivity index (χ0n) is 14.7. The van der Waals surface area contributed by atoms with Gasteiger partial charge in [0.2, 0.25) is 11.7 Å². The van der Waals surface area contributed by atoms with Gasteiger partial charge in [0, 0.05) is 11.3 Å². The molecule has 0 unspecified atom stereocenters. The van der Waals surface area contributed by atoms with Crippen molar-refractivity contribution in [2.24, 2.45) is 0 Å². The van der Waals surface area contributed by atoms with Gasteiger partial charge in [-0.1, -0.05) is 47.1 Å². The maximum absolute atomic E-state index is 12.5. The van der Waals surface area contributed by atoms with Crippen LogP contribution in [-0.4, -0.2) is 16.0 Å². The van der Waals surface area contributed by atoms with E-state index in [0.29, 0.717) is 23.7 Å². The highest BCUT2D eigenvalue weighted by atomic mass is 32.1. The molecule has 134 valence electrons. The fourth-order valence-electron chi connectivity index (χ4n) is 2.69. The first-order valence-corrected chi connectivity index (χ1v) is 9.39. The summed E-state index contributed by atoms with van der Waals surface area (Å²) in [6, 6.07) is 19.0. The van der Waals surface area contributed by atoms with Crippen LogP contribution >= 0.6 is 11.3 Å². The van der Waals surface area contributed by atoms with Gasteiger partial charge >= 0.3 is 0 Å². The second-order valence-corrected chi connectivity index (χ2v) is 7.09. The Hall–Kier alpha value is -3.25. The minimum atomic E-state index is -0.146. The lowest BCUT2D eigenvalue weighted by atomic mass is 10.1. The number of thiophene rings is 1. The van der Waals surface area contributed by atoms with Gasteiger partial charge < -0.3 is 9.84 Å². The van der Waals surface area contributed by atoms with Gasteiger partial charge in [-0.3, -0.25) is 4.79 Å². The minimum absolute atomic E-state index is 0.146. The van der Waals surface area contributed by atoms with Crippen molar-refractivity contribution in [3.63, 3.8) is 0 Å². The van der Waals surface area contributed by atoms with Crippen molar-refractivity contribution < 1.29 is 9.32 Å². The Morgan fingerprint density at radius 1 is 1.07 bits per heavy atom. The average molecular weight is 375 g/mol. The van der Waals surface area contributed by atoms with Crippen molar-refractivity contribution in [2.75, 3.05) is 5.32 Å². The molecule has 4 rings (SSSR count). The molecule has 0 saturated heterocycles. The summed E-state index contributed by atoms with van der Waals surface area (Å²) < 4.78 is 5.38. The van der Waals surface area contributed by atoms with E-state index < -0.39 is 0 Å². The number of carbonyl (C=O) groups is 1. The highest BCUT2D eigenvalue weighted by molar-refractivity contribution is 7.13. The van der Waals surface area contributed by atoms with Crippen LogP contribution in [0.15, 0.2) is 70.6 Å². The summed E-state index contributed by atoms with van der Waals surface area (Å²) in [7, 11) is 0. The summed E-state index contributed by atoms with van der Waals surface area (Å²) in [6.45, 7) is 1.99. The molecule has 0 fully saturated rings. The first kappa shape index (κ1) is 17.2. The van der Waals surface area contributed by atoms with E-state index in [9.17, 15) is 4.79 Å². The molecule has 2 heterocycles. The number of hydrogen-bond acceptors (Lipinski definition) is 5. The Labute approximate surface area is 160 Å². The normalized spacial score (nSPS) is 10.7. The monoisotopic (exact) mass is 375 g/mol. The smallest absolute Gasteiger partial charge is 0.255 e. The Morgan fingerprint density at radius 3 is 2.67 bits per heavy atom. The fraction of sp³-hybridized carbons (Fsp3) is 0.0952. The fourth-order valence-corrected chi connectivity index (χ4v) is 3.34. The van der Waals surface area contributed by atoms with E-state index in [2.05, 4.69) is 15.5 Å². The number of carbonyl (C=O) groups excluding carboxylic acids is 1. The lowest BCUT2D eigenvalue weighted by Crippen LogP contribution is -2.13. The van der Waals surface area contributed by atoms with Gasteiger partial charge in [0.1, 0.15) is 0 Å². The van der Waals surface area contributed by atoms with Gasteiger partial charge in [-0.25, -0.2) is 0 Å². The Bertz CT molecular complexity index is 1050. The molecular formula is C21H17N3O2S. The predicted octanol–water partition coefficient (Wildman–Crippen LogP) is 4.95. The summed E-state index contributed by atoms with van der Waals surface area (Å²) in [5.74, 6) is 0.948. The number of aryl methyl sites for hydroxylation is 1. The van der Waals surface area contributed by atoms with Gasteiger partial charge in [0.25, 0.3) is 5.91 Å². The molecule has 0 saturated carbocycles. The predicted molar refractivity (Wildman–Crippen MR) is 106 cm³/mol. The second-order valence-electron chi connectivity index (χ2n) is 6.14. The minimum Gasteiger partial charge on any atom is -0.339 e. The van der Waals surface area contributed by atoms with Gasteiger partial charge in [-0.15, -0.1) is 11.3 Å². The van der Waals surface area contributed by atoms with Crippen LogP contribution in [0.1, 0.15) is 27.4 Å². The van der Waals surface area contributed by atoms with Gasteiger partial charge in [-0.2, -0.15) is 4.98 Å². The van der Waals surface area contributed by atoms with E-state index >= 15 is 0 Å². The number of para-hydroxylation sites is 1. The van der Waals surface area contributed by atoms with Crippen LogP contribution in [0.25, 0.3) is 10.7 Å². The molecule has 0 aliphatic heterocycles. The quantitative estimate of drug-likeness (QED) is 0.536. The number of hydrogen-bond donors (Lipinski definition) is 1. The molecule has 0 atom stereocenters. The van der Waals surface area contributed by atoms with E-state index in [1.165, 1.54) is 0 Å². The van der Waals surface area contributed by atoms with E-state index in [1.54, 1.807) is 11.3 Å². The van der Waals surface area contributed by atoms with Crippen molar-refractivity contribution in [3.05, 3.63) is 88.6 Å². The lowest BCUT2D eigenvalue weighted by Gasteiger charge is -2.10. The largest absolute Gasteiger partial charge is 0.339 e. The molecule has 0 spiro atoms. The number of rotatable bonds is 5. The van der Waals surface area contributed by atoms with Gasteiger partial charge in [-0.05, 0) is 42.1 Å². The van der Waals surface area contributed by atoms with Crippen molar-refractivity contribution >= 4 is 22.9 Å². The number of nitrogens with one attached hydrogen (secondary N) is 1.